The third-order valence-corrected chi connectivity index (χ3v) is 3.64. The maximum Gasteiger partial charge on any atom is 0.258 e. The van der Waals surface area contributed by atoms with Crippen molar-refractivity contribution in [2.45, 2.75) is 13.0 Å². The molecule has 0 atom stereocenters. The van der Waals surface area contributed by atoms with Crippen molar-refractivity contribution in [3.63, 3.8) is 0 Å². The van der Waals surface area contributed by atoms with Gasteiger partial charge in [-0.3, -0.25) is 4.79 Å². The van der Waals surface area contributed by atoms with Crippen molar-refractivity contribution in [2.75, 3.05) is 18.6 Å². The van der Waals surface area contributed by atoms with Crippen LogP contribution in [0.25, 0.3) is 0 Å². The molecule has 2 aromatic carbocycles. The second-order valence-corrected chi connectivity index (χ2v) is 4.97. The fourth-order valence-corrected chi connectivity index (χ4v) is 2.62. The molecule has 0 fully saturated rings. The van der Waals surface area contributed by atoms with E-state index in [0.29, 0.717) is 6.61 Å². The molecule has 3 heteroatoms. The van der Waals surface area contributed by atoms with Crippen LogP contribution in [0.15, 0.2) is 48.5 Å². The molecule has 0 aromatic heterocycles. The molecule has 3 rings (SSSR count). The maximum atomic E-state index is 12.6. The lowest BCUT2D eigenvalue weighted by Crippen LogP contribution is -2.28. The molecule has 1 aliphatic rings. The minimum atomic E-state index is 0.0684. The lowest BCUT2D eigenvalue weighted by molar-refractivity contribution is 0.0989. The molecule has 0 saturated carbocycles. The number of fused-ring (bicyclic) bond motifs is 1. The normalized spacial score (nSPS) is 13.3. The van der Waals surface area contributed by atoms with Crippen LogP contribution < -0.4 is 4.90 Å². The summed E-state index contributed by atoms with van der Waals surface area (Å²) >= 11 is 0. The summed E-state index contributed by atoms with van der Waals surface area (Å²) in [6, 6.07) is 15.7. The molecule has 1 amide bonds. The first-order valence-electron chi connectivity index (χ1n) is 6.77. The number of carbonyl (C=O) groups is 1. The second kappa shape index (κ2) is 5.47. The van der Waals surface area contributed by atoms with Gasteiger partial charge in [-0.2, -0.15) is 0 Å². The molecule has 0 spiro atoms. The van der Waals surface area contributed by atoms with Crippen molar-refractivity contribution < 1.29 is 9.53 Å². The predicted octanol–water partition coefficient (Wildman–Crippen LogP) is 3.04. The van der Waals surface area contributed by atoms with Crippen LogP contribution >= 0.6 is 0 Å². The van der Waals surface area contributed by atoms with E-state index >= 15 is 0 Å². The molecule has 0 radical (unpaired) electrons. The Labute approximate surface area is 118 Å². The number of amides is 1. The summed E-state index contributed by atoms with van der Waals surface area (Å²) in [5.74, 6) is 0.0684. The van der Waals surface area contributed by atoms with E-state index in [-0.39, 0.29) is 5.91 Å². The van der Waals surface area contributed by atoms with Gasteiger partial charge in [0, 0.05) is 24.9 Å². The van der Waals surface area contributed by atoms with Crippen LogP contribution in [0.3, 0.4) is 0 Å². The number of carbonyl (C=O) groups excluding carboxylic acids is 1. The highest BCUT2D eigenvalue weighted by molar-refractivity contribution is 6.07. The van der Waals surface area contributed by atoms with E-state index in [0.717, 1.165) is 29.8 Å². The summed E-state index contributed by atoms with van der Waals surface area (Å²) in [4.78, 5) is 14.4. The van der Waals surface area contributed by atoms with Crippen LogP contribution in [-0.4, -0.2) is 19.6 Å². The van der Waals surface area contributed by atoms with Crippen LogP contribution in [0.5, 0.6) is 0 Å². The first-order valence-corrected chi connectivity index (χ1v) is 6.77. The van der Waals surface area contributed by atoms with Crippen molar-refractivity contribution in [2.24, 2.45) is 0 Å². The standard InChI is InChI=1S/C17H17NO2/c1-20-12-13-6-8-15(9-7-13)17(19)18-11-10-14-4-2-3-5-16(14)18/h2-9H,10-12H2,1H3. The van der Waals surface area contributed by atoms with E-state index in [1.807, 2.05) is 47.4 Å². The quantitative estimate of drug-likeness (QED) is 0.855. The van der Waals surface area contributed by atoms with Gasteiger partial charge >= 0.3 is 0 Å². The monoisotopic (exact) mass is 267 g/mol. The van der Waals surface area contributed by atoms with E-state index < -0.39 is 0 Å². The number of anilines is 1. The Bertz CT molecular complexity index is 619. The molecular weight excluding hydrogens is 250 g/mol. The van der Waals surface area contributed by atoms with E-state index in [4.69, 9.17) is 4.74 Å². The molecule has 0 aliphatic carbocycles. The maximum absolute atomic E-state index is 12.6. The van der Waals surface area contributed by atoms with Crippen molar-refractivity contribution in [1.29, 1.82) is 0 Å². The molecule has 0 unspecified atom stereocenters. The van der Waals surface area contributed by atoms with E-state index in [9.17, 15) is 4.79 Å². The van der Waals surface area contributed by atoms with Crippen LogP contribution in [0.4, 0.5) is 5.69 Å². The Hall–Kier alpha value is -2.13. The van der Waals surface area contributed by atoms with Gasteiger partial charge in [0.15, 0.2) is 0 Å². The van der Waals surface area contributed by atoms with Gasteiger partial charge in [0.2, 0.25) is 0 Å². The molecule has 1 heterocycles. The fraction of sp³-hybridized carbons (Fsp3) is 0.235. The van der Waals surface area contributed by atoms with Crippen molar-refractivity contribution in [3.8, 4) is 0 Å². The van der Waals surface area contributed by atoms with Crippen molar-refractivity contribution in [1.82, 2.24) is 0 Å². The lowest BCUT2D eigenvalue weighted by atomic mass is 10.1. The third kappa shape index (κ3) is 2.32. The molecule has 0 saturated heterocycles. The number of benzene rings is 2. The molecule has 0 bridgehead atoms. The van der Waals surface area contributed by atoms with Gasteiger partial charge in [0.1, 0.15) is 0 Å². The average molecular weight is 267 g/mol. The van der Waals surface area contributed by atoms with Crippen LogP contribution in [0.2, 0.25) is 0 Å². The number of nitrogens with zero attached hydrogens (tertiary/aromatic N) is 1. The molecular formula is C17H17NO2. The van der Waals surface area contributed by atoms with Gasteiger partial charge in [-0.15, -0.1) is 0 Å². The Morgan fingerprint density at radius 1 is 1.15 bits per heavy atom. The van der Waals surface area contributed by atoms with Gasteiger partial charge < -0.3 is 9.64 Å². The molecule has 0 N–H and O–H groups in total. The van der Waals surface area contributed by atoms with Gasteiger partial charge in [-0.25, -0.2) is 0 Å². The van der Waals surface area contributed by atoms with E-state index in [1.165, 1.54) is 5.56 Å². The third-order valence-electron chi connectivity index (χ3n) is 3.64. The molecule has 1 aliphatic heterocycles. The number of rotatable bonds is 3. The van der Waals surface area contributed by atoms with E-state index in [2.05, 4.69) is 6.07 Å². The Morgan fingerprint density at radius 3 is 2.65 bits per heavy atom. The lowest BCUT2D eigenvalue weighted by Gasteiger charge is -2.17. The second-order valence-electron chi connectivity index (χ2n) is 4.97. The smallest absolute Gasteiger partial charge is 0.258 e. The molecule has 2 aromatic rings. The Morgan fingerprint density at radius 2 is 1.90 bits per heavy atom. The number of ether oxygens (including phenoxy) is 1. The largest absolute Gasteiger partial charge is 0.380 e. The van der Waals surface area contributed by atoms with Gasteiger partial charge in [-0.05, 0) is 35.7 Å². The zero-order valence-electron chi connectivity index (χ0n) is 11.5. The topological polar surface area (TPSA) is 29.5 Å². The minimum absolute atomic E-state index is 0.0684. The Balaban J connectivity index is 1.83. The minimum Gasteiger partial charge on any atom is -0.380 e. The number of para-hydroxylation sites is 1. The SMILES string of the molecule is COCc1ccc(C(=O)N2CCc3ccccc32)cc1. The summed E-state index contributed by atoms with van der Waals surface area (Å²) in [5.41, 5.74) is 4.09. The summed E-state index contributed by atoms with van der Waals surface area (Å²) in [5, 5.41) is 0. The first kappa shape index (κ1) is 12.9. The predicted molar refractivity (Wildman–Crippen MR) is 79.0 cm³/mol. The molecule has 3 nitrogen and oxygen atoms in total. The van der Waals surface area contributed by atoms with Crippen LogP contribution in [0.1, 0.15) is 21.5 Å². The van der Waals surface area contributed by atoms with Crippen molar-refractivity contribution >= 4 is 11.6 Å². The Kier molecular flexibility index (Phi) is 3.52. The summed E-state index contributed by atoms with van der Waals surface area (Å²) in [7, 11) is 1.67. The number of hydrogen-bond acceptors (Lipinski definition) is 2. The number of methoxy groups -OCH3 is 1. The van der Waals surface area contributed by atoms with Gasteiger partial charge in [0.25, 0.3) is 5.91 Å². The summed E-state index contributed by atoms with van der Waals surface area (Å²) < 4.78 is 5.08. The average Bonchev–Trinajstić information content (AvgIpc) is 2.92. The zero-order valence-corrected chi connectivity index (χ0v) is 11.5. The highest BCUT2D eigenvalue weighted by Gasteiger charge is 2.24. The summed E-state index contributed by atoms with van der Waals surface area (Å²) in [6.45, 7) is 1.33. The zero-order chi connectivity index (χ0) is 13.9. The summed E-state index contributed by atoms with van der Waals surface area (Å²) in [6.07, 6.45) is 0.934. The highest BCUT2D eigenvalue weighted by atomic mass is 16.5. The molecule has 20 heavy (non-hydrogen) atoms. The highest BCUT2D eigenvalue weighted by Crippen LogP contribution is 2.28. The van der Waals surface area contributed by atoms with Gasteiger partial charge in [0.05, 0.1) is 6.61 Å². The number of hydrogen-bond donors (Lipinski definition) is 0. The fourth-order valence-electron chi connectivity index (χ4n) is 2.62. The van der Waals surface area contributed by atoms with Gasteiger partial charge in [-0.1, -0.05) is 30.3 Å². The van der Waals surface area contributed by atoms with Crippen LogP contribution in [-0.2, 0) is 17.8 Å². The molecule has 102 valence electrons. The van der Waals surface area contributed by atoms with Crippen molar-refractivity contribution in [3.05, 3.63) is 65.2 Å². The first-order chi connectivity index (χ1) is 9.79. The van der Waals surface area contributed by atoms with E-state index in [1.54, 1.807) is 7.11 Å². The van der Waals surface area contributed by atoms with Crippen LogP contribution in [0, 0.1) is 0 Å².